The number of furan rings is 1. The molecule has 6 nitrogen and oxygen atoms in total. The van der Waals surface area contributed by atoms with E-state index in [0.717, 1.165) is 30.6 Å². The molecule has 0 unspecified atom stereocenters. The Hall–Kier alpha value is -2.12. The normalized spacial score (nSPS) is 21.5. The molecule has 0 bridgehead atoms. The predicted octanol–water partition coefficient (Wildman–Crippen LogP) is 3.09. The molecule has 7 heteroatoms. The van der Waals surface area contributed by atoms with Crippen LogP contribution in [0.15, 0.2) is 47.1 Å². The highest BCUT2D eigenvalue weighted by Crippen LogP contribution is 2.33. The standard InChI is InChI=1S/C19H22N2O4S/c22-19(15-3-1-11-21(13-15)26(23,24)17-9-10-17)20-16-7-5-14(6-8-16)18-4-2-12-25-18/h2,4-8,12,15,17H,1,3,9-11,13H2,(H,20,22)/t15-/m0/s1. The summed E-state index contributed by atoms with van der Waals surface area (Å²) in [5, 5.41) is 2.69. The maximum absolute atomic E-state index is 12.6. The van der Waals surface area contributed by atoms with Gasteiger partial charge in [0.15, 0.2) is 0 Å². The number of rotatable bonds is 5. The quantitative estimate of drug-likeness (QED) is 0.872. The zero-order valence-corrected chi connectivity index (χ0v) is 15.2. The molecule has 1 atom stereocenters. The fourth-order valence-electron chi connectivity index (χ4n) is 3.37. The predicted molar refractivity (Wildman–Crippen MR) is 99.0 cm³/mol. The van der Waals surface area contributed by atoms with E-state index in [9.17, 15) is 13.2 Å². The van der Waals surface area contributed by atoms with Crippen molar-refractivity contribution in [2.45, 2.75) is 30.9 Å². The number of piperidine rings is 1. The Kier molecular flexibility index (Phi) is 4.58. The fraction of sp³-hybridized carbons (Fsp3) is 0.421. The second kappa shape index (κ2) is 6.89. The summed E-state index contributed by atoms with van der Waals surface area (Å²) in [6, 6.07) is 11.1. The van der Waals surface area contributed by atoms with Gasteiger partial charge >= 0.3 is 0 Å². The first-order valence-corrected chi connectivity index (χ1v) is 10.5. The molecular weight excluding hydrogens is 352 g/mol. The van der Waals surface area contributed by atoms with Crippen molar-refractivity contribution < 1.29 is 17.6 Å². The van der Waals surface area contributed by atoms with Crippen molar-refractivity contribution in [3.05, 3.63) is 42.7 Å². The Bertz CT molecular complexity index is 871. The first kappa shape index (κ1) is 17.3. The van der Waals surface area contributed by atoms with Crippen LogP contribution >= 0.6 is 0 Å². The van der Waals surface area contributed by atoms with Crippen LogP contribution in [-0.4, -0.2) is 37.0 Å². The Balaban J connectivity index is 1.39. The zero-order chi connectivity index (χ0) is 18.1. The van der Waals surface area contributed by atoms with Gasteiger partial charge in [-0.2, -0.15) is 0 Å². The van der Waals surface area contributed by atoms with Crippen LogP contribution in [0.2, 0.25) is 0 Å². The average molecular weight is 374 g/mol. The van der Waals surface area contributed by atoms with E-state index in [1.165, 1.54) is 4.31 Å². The van der Waals surface area contributed by atoms with Crippen molar-refractivity contribution >= 4 is 21.6 Å². The van der Waals surface area contributed by atoms with E-state index in [0.29, 0.717) is 18.7 Å². The van der Waals surface area contributed by atoms with Gasteiger partial charge in [0.2, 0.25) is 15.9 Å². The van der Waals surface area contributed by atoms with E-state index in [1.807, 2.05) is 36.4 Å². The van der Waals surface area contributed by atoms with Gasteiger partial charge in [-0.3, -0.25) is 4.79 Å². The Morgan fingerprint density at radius 3 is 2.54 bits per heavy atom. The van der Waals surface area contributed by atoms with E-state index < -0.39 is 10.0 Å². The number of sulfonamides is 1. The number of nitrogens with zero attached hydrogens (tertiary/aromatic N) is 1. The maximum atomic E-state index is 12.6. The first-order valence-electron chi connectivity index (χ1n) is 8.98. The molecule has 1 aliphatic carbocycles. The molecule has 2 heterocycles. The third-order valence-corrected chi connectivity index (χ3v) is 7.38. The number of benzene rings is 1. The summed E-state index contributed by atoms with van der Waals surface area (Å²) in [7, 11) is -3.22. The lowest BCUT2D eigenvalue weighted by Gasteiger charge is -2.31. The molecule has 1 aromatic heterocycles. The largest absolute Gasteiger partial charge is 0.464 e. The summed E-state index contributed by atoms with van der Waals surface area (Å²) in [6.45, 7) is 0.815. The number of amides is 1. The third kappa shape index (κ3) is 3.54. The van der Waals surface area contributed by atoms with Gasteiger partial charge in [0, 0.05) is 24.3 Å². The molecular formula is C19H22N2O4S. The lowest BCUT2D eigenvalue weighted by molar-refractivity contribution is -0.120. The van der Waals surface area contributed by atoms with Crippen molar-refractivity contribution in [1.29, 1.82) is 0 Å². The average Bonchev–Trinajstić information content (AvgIpc) is 3.39. The topological polar surface area (TPSA) is 79.6 Å². The molecule has 138 valence electrons. The van der Waals surface area contributed by atoms with Crippen LogP contribution in [0.3, 0.4) is 0 Å². The molecule has 26 heavy (non-hydrogen) atoms. The second-order valence-electron chi connectivity index (χ2n) is 6.99. The smallest absolute Gasteiger partial charge is 0.228 e. The summed E-state index contributed by atoms with van der Waals surface area (Å²) in [6.07, 6.45) is 4.55. The molecule has 1 amide bonds. The molecule has 1 saturated heterocycles. The first-order chi connectivity index (χ1) is 12.5. The Morgan fingerprint density at radius 2 is 1.88 bits per heavy atom. The van der Waals surface area contributed by atoms with Gasteiger partial charge in [-0.05, 0) is 62.1 Å². The number of anilines is 1. The molecule has 1 N–H and O–H groups in total. The molecule has 1 aromatic carbocycles. The highest BCUT2D eigenvalue weighted by Gasteiger charge is 2.42. The van der Waals surface area contributed by atoms with E-state index in [2.05, 4.69) is 5.32 Å². The molecule has 2 aromatic rings. The van der Waals surface area contributed by atoms with Crippen LogP contribution in [0, 0.1) is 5.92 Å². The summed E-state index contributed by atoms with van der Waals surface area (Å²) < 4.78 is 31.7. The van der Waals surface area contributed by atoms with E-state index in [-0.39, 0.29) is 23.6 Å². The summed E-state index contributed by atoms with van der Waals surface area (Å²) in [4.78, 5) is 12.6. The SMILES string of the molecule is O=C(Nc1ccc(-c2ccco2)cc1)[C@H]1CCCN(S(=O)(=O)C2CC2)C1. The number of carbonyl (C=O) groups excluding carboxylic acids is 1. The molecule has 4 rings (SSSR count). The van der Waals surface area contributed by atoms with Crippen LogP contribution in [0.25, 0.3) is 11.3 Å². The van der Waals surface area contributed by atoms with Gasteiger partial charge in [-0.15, -0.1) is 0 Å². The second-order valence-corrected chi connectivity index (χ2v) is 9.20. The lowest BCUT2D eigenvalue weighted by Crippen LogP contribution is -2.44. The van der Waals surface area contributed by atoms with Crippen LogP contribution in [0.5, 0.6) is 0 Å². The van der Waals surface area contributed by atoms with Crippen LogP contribution in [0.1, 0.15) is 25.7 Å². The number of carbonyl (C=O) groups is 1. The minimum Gasteiger partial charge on any atom is -0.464 e. The molecule has 2 aliphatic rings. The third-order valence-electron chi connectivity index (χ3n) is 5.02. The van der Waals surface area contributed by atoms with Gasteiger partial charge in [-0.1, -0.05) is 0 Å². The van der Waals surface area contributed by atoms with Crippen molar-refractivity contribution in [2.24, 2.45) is 5.92 Å². The minimum absolute atomic E-state index is 0.119. The minimum atomic E-state index is -3.22. The van der Waals surface area contributed by atoms with Crippen LogP contribution in [0.4, 0.5) is 5.69 Å². The van der Waals surface area contributed by atoms with Crippen molar-refractivity contribution in [1.82, 2.24) is 4.31 Å². The fourth-order valence-corrected chi connectivity index (χ4v) is 5.29. The molecule has 0 spiro atoms. The van der Waals surface area contributed by atoms with Gasteiger partial charge in [-0.25, -0.2) is 12.7 Å². The molecule has 1 saturated carbocycles. The van der Waals surface area contributed by atoms with E-state index in [4.69, 9.17) is 4.42 Å². The lowest BCUT2D eigenvalue weighted by atomic mass is 9.98. The van der Waals surface area contributed by atoms with Crippen molar-refractivity contribution in [2.75, 3.05) is 18.4 Å². The highest BCUT2D eigenvalue weighted by molar-refractivity contribution is 7.90. The van der Waals surface area contributed by atoms with E-state index in [1.54, 1.807) is 6.26 Å². The molecule has 2 fully saturated rings. The van der Waals surface area contributed by atoms with Crippen LogP contribution in [-0.2, 0) is 14.8 Å². The number of hydrogen-bond donors (Lipinski definition) is 1. The van der Waals surface area contributed by atoms with Gasteiger partial charge < -0.3 is 9.73 Å². The monoisotopic (exact) mass is 374 g/mol. The highest BCUT2D eigenvalue weighted by atomic mass is 32.2. The summed E-state index contributed by atoms with van der Waals surface area (Å²) in [5.41, 5.74) is 1.64. The molecule has 0 radical (unpaired) electrons. The van der Waals surface area contributed by atoms with Gasteiger partial charge in [0.1, 0.15) is 5.76 Å². The summed E-state index contributed by atoms with van der Waals surface area (Å²) in [5.74, 6) is 0.351. The molecule has 1 aliphatic heterocycles. The summed E-state index contributed by atoms with van der Waals surface area (Å²) >= 11 is 0. The maximum Gasteiger partial charge on any atom is 0.228 e. The Labute approximate surface area is 153 Å². The van der Waals surface area contributed by atoms with Gasteiger partial charge in [0.25, 0.3) is 0 Å². The number of hydrogen-bond acceptors (Lipinski definition) is 4. The Morgan fingerprint density at radius 1 is 1.12 bits per heavy atom. The van der Waals surface area contributed by atoms with E-state index >= 15 is 0 Å². The van der Waals surface area contributed by atoms with Crippen molar-refractivity contribution in [3.63, 3.8) is 0 Å². The number of nitrogens with one attached hydrogen (secondary N) is 1. The van der Waals surface area contributed by atoms with Gasteiger partial charge in [0.05, 0.1) is 17.4 Å². The van der Waals surface area contributed by atoms with Crippen molar-refractivity contribution in [3.8, 4) is 11.3 Å². The van der Waals surface area contributed by atoms with Crippen LogP contribution < -0.4 is 5.32 Å². The zero-order valence-electron chi connectivity index (χ0n) is 14.4.